The van der Waals surface area contributed by atoms with Gasteiger partial charge in [-0.15, -0.1) is 0 Å². The van der Waals surface area contributed by atoms with E-state index < -0.39 is 11.6 Å². The van der Waals surface area contributed by atoms with E-state index in [4.69, 9.17) is 0 Å². The van der Waals surface area contributed by atoms with E-state index in [1.54, 1.807) is 17.0 Å². The third-order valence-corrected chi connectivity index (χ3v) is 4.63. The first-order valence-electron chi connectivity index (χ1n) is 9.09. The lowest BCUT2D eigenvalue weighted by Gasteiger charge is -2.35. The van der Waals surface area contributed by atoms with Gasteiger partial charge in [0.25, 0.3) is 0 Å². The molecular weight excluding hydrogens is 378 g/mol. The summed E-state index contributed by atoms with van der Waals surface area (Å²) in [6.07, 6.45) is 4.53. The number of rotatable bonds is 3. The molecule has 0 spiro atoms. The van der Waals surface area contributed by atoms with Crippen molar-refractivity contribution in [3.05, 3.63) is 66.6 Å². The van der Waals surface area contributed by atoms with E-state index in [0.717, 1.165) is 6.07 Å². The highest BCUT2D eigenvalue weighted by Gasteiger charge is 2.22. The highest BCUT2D eigenvalue weighted by Crippen LogP contribution is 2.24. The molecule has 1 aromatic carbocycles. The normalized spacial score (nSPS) is 14.0. The van der Waals surface area contributed by atoms with Crippen LogP contribution in [-0.4, -0.2) is 52.1 Å². The zero-order chi connectivity index (χ0) is 20.2. The summed E-state index contributed by atoms with van der Waals surface area (Å²) in [5, 5.41) is 2.71. The summed E-state index contributed by atoms with van der Waals surface area (Å²) in [7, 11) is 0. The van der Waals surface area contributed by atoms with Crippen molar-refractivity contribution in [2.45, 2.75) is 0 Å². The van der Waals surface area contributed by atoms with Crippen LogP contribution in [0, 0.1) is 11.6 Å². The van der Waals surface area contributed by atoms with Crippen LogP contribution < -0.4 is 10.2 Å². The van der Waals surface area contributed by atoms with Gasteiger partial charge in [0.2, 0.25) is 0 Å². The Labute approximate surface area is 166 Å². The highest BCUT2D eigenvalue weighted by atomic mass is 19.1. The molecule has 0 radical (unpaired) electrons. The Bertz CT molecular complexity index is 1010. The number of piperazine rings is 1. The Morgan fingerprint density at radius 1 is 1.03 bits per heavy atom. The molecule has 3 aromatic rings. The van der Waals surface area contributed by atoms with Crippen LogP contribution in [-0.2, 0) is 0 Å². The van der Waals surface area contributed by atoms with E-state index in [2.05, 4.69) is 20.3 Å². The molecule has 1 N–H and O–H groups in total. The number of aromatic nitrogens is 3. The number of pyridine rings is 1. The average molecular weight is 396 g/mol. The maximum Gasteiger partial charge on any atom is 0.323 e. The van der Waals surface area contributed by atoms with Crippen molar-refractivity contribution in [3.63, 3.8) is 0 Å². The highest BCUT2D eigenvalue weighted by molar-refractivity contribution is 5.88. The summed E-state index contributed by atoms with van der Waals surface area (Å²) in [5.74, 6) is -0.200. The van der Waals surface area contributed by atoms with Crippen molar-refractivity contribution in [3.8, 4) is 11.3 Å². The minimum atomic E-state index is -0.653. The Morgan fingerprint density at radius 2 is 1.86 bits per heavy atom. The number of carbonyl (C=O) groups is 1. The first-order chi connectivity index (χ1) is 14.1. The lowest BCUT2D eigenvalue weighted by atomic mass is 10.1. The van der Waals surface area contributed by atoms with Gasteiger partial charge >= 0.3 is 6.03 Å². The fraction of sp³-hybridized carbons (Fsp3) is 0.200. The average Bonchev–Trinajstić information content (AvgIpc) is 2.75. The Balaban J connectivity index is 1.42. The molecule has 1 saturated heterocycles. The molecule has 29 heavy (non-hydrogen) atoms. The number of benzene rings is 1. The molecular formula is C20H18F2N6O. The van der Waals surface area contributed by atoms with Gasteiger partial charge in [-0.05, 0) is 24.3 Å². The van der Waals surface area contributed by atoms with Crippen molar-refractivity contribution in [1.82, 2.24) is 19.9 Å². The predicted molar refractivity (Wildman–Crippen MR) is 104 cm³/mol. The van der Waals surface area contributed by atoms with Crippen LogP contribution in [0.15, 0.2) is 55.0 Å². The van der Waals surface area contributed by atoms with E-state index in [9.17, 15) is 13.6 Å². The van der Waals surface area contributed by atoms with E-state index in [1.807, 2.05) is 11.0 Å². The molecule has 3 heterocycles. The van der Waals surface area contributed by atoms with Crippen molar-refractivity contribution in [2.75, 3.05) is 36.4 Å². The lowest BCUT2D eigenvalue weighted by molar-refractivity contribution is 0.208. The molecule has 9 heteroatoms. The second kappa shape index (κ2) is 8.17. The number of anilines is 2. The molecule has 2 amide bonds. The SMILES string of the molecule is O=C(Nc1cnccn1)N1CCN(c2cccc(-c3ccc(F)cc3F)n2)CC1. The molecule has 0 aliphatic carbocycles. The molecule has 1 aliphatic rings. The summed E-state index contributed by atoms with van der Waals surface area (Å²) in [6, 6.07) is 8.50. The van der Waals surface area contributed by atoms with Gasteiger partial charge in [0.1, 0.15) is 17.5 Å². The second-order valence-electron chi connectivity index (χ2n) is 6.50. The number of halogens is 2. The molecule has 2 aromatic heterocycles. The van der Waals surface area contributed by atoms with Gasteiger partial charge in [-0.25, -0.2) is 23.5 Å². The molecule has 0 saturated carbocycles. The summed E-state index contributed by atoms with van der Waals surface area (Å²) in [5.41, 5.74) is 0.679. The topological polar surface area (TPSA) is 74.2 Å². The van der Waals surface area contributed by atoms with Crippen LogP contribution in [0.4, 0.5) is 25.2 Å². The molecule has 1 aliphatic heterocycles. The summed E-state index contributed by atoms with van der Waals surface area (Å²) < 4.78 is 27.2. The van der Waals surface area contributed by atoms with Crippen LogP contribution in [0.5, 0.6) is 0 Å². The molecule has 0 atom stereocenters. The first kappa shape index (κ1) is 18.7. The maximum absolute atomic E-state index is 14.1. The summed E-state index contributed by atoms with van der Waals surface area (Å²) >= 11 is 0. The fourth-order valence-electron chi connectivity index (χ4n) is 3.14. The molecule has 0 bridgehead atoms. The molecule has 0 unspecified atom stereocenters. The van der Waals surface area contributed by atoms with Crippen molar-refractivity contribution in [1.29, 1.82) is 0 Å². The smallest absolute Gasteiger partial charge is 0.323 e. The number of hydrogen-bond donors (Lipinski definition) is 1. The first-order valence-corrected chi connectivity index (χ1v) is 9.09. The Morgan fingerprint density at radius 3 is 2.59 bits per heavy atom. The summed E-state index contributed by atoms with van der Waals surface area (Å²) in [6.45, 7) is 2.16. The standard InChI is InChI=1S/C20H18F2N6O/c21-14-4-5-15(16(22)12-14)17-2-1-3-19(25-17)27-8-10-28(11-9-27)20(29)26-18-13-23-6-7-24-18/h1-7,12-13H,8-11H2,(H,24,26,29). The Hall–Kier alpha value is -3.62. The number of carbonyl (C=O) groups excluding carboxylic acids is 1. The third kappa shape index (κ3) is 4.29. The van der Waals surface area contributed by atoms with Crippen LogP contribution in [0.1, 0.15) is 0 Å². The van der Waals surface area contributed by atoms with Gasteiger partial charge < -0.3 is 9.80 Å². The van der Waals surface area contributed by atoms with Gasteiger partial charge in [0, 0.05) is 50.2 Å². The van der Waals surface area contributed by atoms with Crippen LogP contribution in [0.25, 0.3) is 11.3 Å². The number of urea groups is 1. The number of nitrogens with zero attached hydrogens (tertiary/aromatic N) is 5. The van der Waals surface area contributed by atoms with Gasteiger partial charge in [-0.3, -0.25) is 10.3 Å². The number of nitrogens with one attached hydrogen (secondary N) is 1. The largest absolute Gasteiger partial charge is 0.353 e. The zero-order valence-electron chi connectivity index (χ0n) is 15.4. The van der Waals surface area contributed by atoms with E-state index in [0.29, 0.717) is 43.5 Å². The van der Waals surface area contributed by atoms with Crippen molar-refractivity contribution >= 4 is 17.7 Å². The zero-order valence-corrected chi connectivity index (χ0v) is 15.4. The quantitative estimate of drug-likeness (QED) is 0.736. The van der Waals surface area contributed by atoms with Crippen molar-refractivity contribution in [2.24, 2.45) is 0 Å². The van der Waals surface area contributed by atoms with Gasteiger partial charge in [-0.2, -0.15) is 0 Å². The van der Waals surface area contributed by atoms with Crippen LogP contribution >= 0.6 is 0 Å². The fourth-order valence-corrected chi connectivity index (χ4v) is 3.14. The Kier molecular flexibility index (Phi) is 5.28. The number of hydrogen-bond acceptors (Lipinski definition) is 5. The second-order valence-corrected chi connectivity index (χ2v) is 6.50. The van der Waals surface area contributed by atoms with Gasteiger partial charge in [0.15, 0.2) is 5.82 Å². The van der Waals surface area contributed by atoms with Gasteiger partial charge in [0.05, 0.1) is 11.9 Å². The molecule has 4 rings (SSSR count). The van der Waals surface area contributed by atoms with Crippen molar-refractivity contribution < 1.29 is 13.6 Å². The van der Waals surface area contributed by atoms with Gasteiger partial charge in [-0.1, -0.05) is 6.07 Å². The molecule has 7 nitrogen and oxygen atoms in total. The van der Waals surface area contributed by atoms with Crippen LogP contribution in [0.3, 0.4) is 0 Å². The molecule has 148 valence electrons. The maximum atomic E-state index is 14.1. The van der Waals surface area contributed by atoms with E-state index in [1.165, 1.54) is 30.7 Å². The number of amides is 2. The minimum Gasteiger partial charge on any atom is -0.353 e. The van der Waals surface area contributed by atoms with E-state index >= 15 is 0 Å². The third-order valence-electron chi connectivity index (χ3n) is 4.63. The minimum absolute atomic E-state index is 0.236. The predicted octanol–water partition coefficient (Wildman–Crippen LogP) is 3.17. The summed E-state index contributed by atoms with van der Waals surface area (Å²) in [4.78, 5) is 28.5. The lowest BCUT2D eigenvalue weighted by Crippen LogP contribution is -2.50. The van der Waals surface area contributed by atoms with Crippen LogP contribution in [0.2, 0.25) is 0 Å². The monoisotopic (exact) mass is 396 g/mol. The molecule has 1 fully saturated rings. The van der Waals surface area contributed by atoms with E-state index in [-0.39, 0.29) is 11.6 Å².